The van der Waals surface area contributed by atoms with Crippen LogP contribution in [0.15, 0.2) is 54.7 Å². The molecular formula is C25H25ClN6O2. The molecule has 1 aliphatic heterocycles. The van der Waals surface area contributed by atoms with Crippen molar-refractivity contribution in [3.05, 3.63) is 65.3 Å². The van der Waals surface area contributed by atoms with Crippen LogP contribution in [-0.2, 0) is 4.79 Å². The highest BCUT2D eigenvalue weighted by Gasteiger charge is 2.30. The van der Waals surface area contributed by atoms with Crippen LogP contribution in [0.5, 0.6) is 0 Å². The number of aromatic nitrogens is 2. The first-order valence-corrected chi connectivity index (χ1v) is 11.8. The lowest BCUT2D eigenvalue weighted by Crippen LogP contribution is -2.27. The fourth-order valence-corrected chi connectivity index (χ4v) is 3.99. The van der Waals surface area contributed by atoms with Gasteiger partial charge in [-0.1, -0.05) is 23.7 Å². The van der Waals surface area contributed by atoms with Crippen LogP contribution in [-0.4, -0.2) is 39.8 Å². The molecule has 2 aromatic carbocycles. The van der Waals surface area contributed by atoms with E-state index < -0.39 is 0 Å². The van der Waals surface area contributed by atoms with E-state index in [2.05, 4.69) is 25.9 Å². The molecule has 1 saturated heterocycles. The molecule has 0 bridgehead atoms. The molecule has 2 heterocycles. The SMILES string of the molecule is O=C(Nc1ccccc1Nc1nc(Nc2ccc(C(=O)N3CCCC3)cc2)ncc1Cl)C1CC1. The minimum absolute atomic E-state index is 0.0250. The second kappa shape index (κ2) is 9.69. The molecule has 34 heavy (non-hydrogen) atoms. The minimum Gasteiger partial charge on any atom is -0.339 e. The highest BCUT2D eigenvalue weighted by atomic mass is 35.5. The number of amides is 2. The lowest BCUT2D eigenvalue weighted by atomic mass is 10.2. The van der Waals surface area contributed by atoms with Gasteiger partial charge in [0.1, 0.15) is 5.02 Å². The Labute approximate surface area is 202 Å². The molecular weight excluding hydrogens is 452 g/mol. The summed E-state index contributed by atoms with van der Waals surface area (Å²) < 4.78 is 0. The zero-order chi connectivity index (χ0) is 23.5. The quantitative estimate of drug-likeness (QED) is 0.433. The average molecular weight is 477 g/mol. The number of anilines is 5. The predicted octanol–water partition coefficient (Wildman–Crippen LogP) is 5.20. The molecule has 0 unspecified atom stereocenters. The van der Waals surface area contributed by atoms with Crippen molar-refractivity contribution in [3.8, 4) is 0 Å². The van der Waals surface area contributed by atoms with Crippen LogP contribution in [0.3, 0.4) is 0 Å². The number of hydrogen-bond donors (Lipinski definition) is 3. The van der Waals surface area contributed by atoms with Gasteiger partial charge in [0.15, 0.2) is 5.82 Å². The number of likely N-dealkylation sites (tertiary alicyclic amines) is 1. The Morgan fingerprint density at radius 2 is 1.65 bits per heavy atom. The van der Waals surface area contributed by atoms with Gasteiger partial charge in [-0.2, -0.15) is 4.98 Å². The number of carbonyl (C=O) groups excluding carboxylic acids is 2. The molecule has 0 atom stereocenters. The van der Waals surface area contributed by atoms with Crippen molar-refractivity contribution >= 4 is 52.2 Å². The van der Waals surface area contributed by atoms with E-state index in [1.54, 1.807) is 12.1 Å². The maximum Gasteiger partial charge on any atom is 0.253 e. The van der Waals surface area contributed by atoms with Gasteiger partial charge in [-0.15, -0.1) is 0 Å². The average Bonchev–Trinajstić information content (AvgIpc) is 3.57. The Balaban J connectivity index is 1.29. The molecule has 1 aromatic heterocycles. The standard InChI is InChI=1S/C25H25ClN6O2/c26-19-15-27-25(28-18-11-9-17(10-12-18)24(34)32-13-3-4-14-32)31-22(19)29-20-5-1-2-6-21(20)30-23(33)16-7-8-16/h1-2,5-6,9-12,15-16H,3-4,7-8,13-14H2,(H,30,33)(H2,27,28,29,31). The fourth-order valence-electron chi connectivity index (χ4n) is 3.85. The summed E-state index contributed by atoms with van der Waals surface area (Å²) in [4.78, 5) is 35.4. The molecule has 0 spiro atoms. The summed E-state index contributed by atoms with van der Waals surface area (Å²) in [6.45, 7) is 1.64. The Kier molecular flexibility index (Phi) is 6.31. The molecule has 0 radical (unpaired) electrons. The highest BCUT2D eigenvalue weighted by molar-refractivity contribution is 6.33. The lowest BCUT2D eigenvalue weighted by molar-refractivity contribution is -0.117. The maximum absolute atomic E-state index is 12.5. The molecule has 2 fully saturated rings. The summed E-state index contributed by atoms with van der Waals surface area (Å²) in [6.07, 6.45) is 5.50. The smallest absolute Gasteiger partial charge is 0.253 e. The molecule has 3 N–H and O–H groups in total. The van der Waals surface area contributed by atoms with Crippen molar-refractivity contribution < 1.29 is 9.59 Å². The number of hydrogen-bond acceptors (Lipinski definition) is 6. The summed E-state index contributed by atoms with van der Waals surface area (Å²) in [6, 6.07) is 14.7. The lowest BCUT2D eigenvalue weighted by Gasteiger charge is -2.15. The summed E-state index contributed by atoms with van der Waals surface area (Å²) in [7, 11) is 0. The Morgan fingerprint density at radius 1 is 0.941 bits per heavy atom. The molecule has 9 heteroatoms. The van der Waals surface area contributed by atoms with Crippen molar-refractivity contribution in [2.24, 2.45) is 5.92 Å². The van der Waals surface area contributed by atoms with Crippen LogP contribution in [0.2, 0.25) is 5.02 Å². The van der Waals surface area contributed by atoms with Gasteiger partial charge in [0, 0.05) is 30.3 Å². The normalized spacial score (nSPS) is 15.1. The van der Waals surface area contributed by atoms with E-state index in [1.807, 2.05) is 41.3 Å². The van der Waals surface area contributed by atoms with Crippen LogP contribution in [0.4, 0.5) is 28.8 Å². The van der Waals surface area contributed by atoms with Gasteiger partial charge in [-0.25, -0.2) is 4.98 Å². The van der Waals surface area contributed by atoms with E-state index in [0.717, 1.165) is 44.5 Å². The van der Waals surface area contributed by atoms with Gasteiger partial charge in [-0.05, 0) is 62.1 Å². The van der Waals surface area contributed by atoms with Crippen molar-refractivity contribution in [1.29, 1.82) is 0 Å². The molecule has 174 valence electrons. The Hall–Kier alpha value is -3.65. The number of nitrogens with zero attached hydrogens (tertiary/aromatic N) is 3. The summed E-state index contributed by atoms with van der Waals surface area (Å²) >= 11 is 6.34. The second-order valence-corrected chi connectivity index (χ2v) is 8.93. The fraction of sp³-hybridized carbons (Fsp3) is 0.280. The molecule has 2 aliphatic rings. The minimum atomic E-state index is 0.0250. The molecule has 2 amide bonds. The molecule has 5 rings (SSSR count). The zero-order valence-electron chi connectivity index (χ0n) is 18.6. The first-order valence-electron chi connectivity index (χ1n) is 11.4. The number of carbonyl (C=O) groups is 2. The third-order valence-corrected chi connectivity index (χ3v) is 6.19. The summed E-state index contributed by atoms with van der Waals surface area (Å²) in [5.41, 5.74) is 2.77. The van der Waals surface area contributed by atoms with Gasteiger partial charge in [0.05, 0.1) is 17.6 Å². The van der Waals surface area contributed by atoms with Crippen molar-refractivity contribution in [2.75, 3.05) is 29.0 Å². The molecule has 8 nitrogen and oxygen atoms in total. The van der Waals surface area contributed by atoms with Gasteiger partial charge in [-0.3, -0.25) is 9.59 Å². The maximum atomic E-state index is 12.5. The Bertz CT molecular complexity index is 1210. The van der Waals surface area contributed by atoms with E-state index in [0.29, 0.717) is 33.7 Å². The molecule has 1 aliphatic carbocycles. The van der Waals surface area contributed by atoms with Gasteiger partial charge in [0.25, 0.3) is 5.91 Å². The van der Waals surface area contributed by atoms with Gasteiger partial charge in [0.2, 0.25) is 11.9 Å². The van der Waals surface area contributed by atoms with E-state index in [1.165, 1.54) is 6.20 Å². The van der Waals surface area contributed by atoms with Crippen molar-refractivity contribution in [2.45, 2.75) is 25.7 Å². The van der Waals surface area contributed by atoms with Crippen LogP contribution in [0, 0.1) is 5.92 Å². The van der Waals surface area contributed by atoms with Crippen LogP contribution < -0.4 is 16.0 Å². The van der Waals surface area contributed by atoms with Crippen LogP contribution in [0.1, 0.15) is 36.0 Å². The monoisotopic (exact) mass is 476 g/mol. The largest absolute Gasteiger partial charge is 0.339 e. The number of halogens is 1. The zero-order valence-corrected chi connectivity index (χ0v) is 19.3. The Morgan fingerprint density at radius 3 is 2.35 bits per heavy atom. The number of nitrogens with one attached hydrogen (secondary N) is 3. The first-order chi connectivity index (χ1) is 16.6. The van der Waals surface area contributed by atoms with E-state index in [9.17, 15) is 9.59 Å². The van der Waals surface area contributed by atoms with Crippen molar-refractivity contribution in [1.82, 2.24) is 14.9 Å². The molecule has 1 saturated carbocycles. The third-order valence-electron chi connectivity index (χ3n) is 5.91. The van der Waals surface area contributed by atoms with E-state index >= 15 is 0 Å². The molecule has 3 aromatic rings. The van der Waals surface area contributed by atoms with E-state index in [-0.39, 0.29) is 17.7 Å². The second-order valence-electron chi connectivity index (χ2n) is 8.53. The van der Waals surface area contributed by atoms with Crippen LogP contribution >= 0.6 is 11.6 Å². The van der Waals surface area contributed by atoms with Gasteiger partial charge >= 0.3 is 0 Å². The number of benzene rings is 2. The topological polar surface area (TPSA) is 99.2 Å². The first kappa shape index (κ1) is 22.2. The van der Waals surface area contributed by atoms with Crippen molar-refractivity contribution in [3.63, 3.8) is 0 Å². The third kappa shape index (κ3) is 5.12. The highest BCUT2D eigenvalue weighted by Crippen LogP contribution is 2.33. The van der Waals surface area contributed by atoms with Crippen LogP contribution in [0.25, 0.3) is 0 Å². The van der Waals surface area contributed by atoms with E-state index in [4.69, 9.17) is 11.6 Å². The predicted molar refractivity (Wildman–Crippen MR) is 133 cm³/mol. The number of rotatable bonds is 7. The summed E-state index contributed by atoms with van der Waals surface area (Å²) in [5, 5.41) is 9.66. The summed E-state index contributed by atoms with van der Waals surface area (Å²) in [5.74, 6) is 0.949. The number of para-hydroxylation sites is 2. The van der Waals surface area contributed by atoms with Gasteiger partial charge < -0.3 is 20.9 Å².